The molecular formula is C27H24N8O4. The summed E-state index contributed by atoms with van der Waals surface area (Å²) >= 11 is 0. The van der Waals surface area contributed by atoms with Crippen molar-refractivity contribution < 1.29 is 19.2 Å². The van der Waals surface area contributed by atoms with Crippen molar-refractivity contribution in [3.05, 3.63) is 120 Å². The third-order valence-electron chi connectivity index (χ3n) is 5.30. The lowest BCUT2D eigenvalue weighted by atomic mass is 10.0. The lowest BCUT2D eigenvalue weighted by Crippen LogP contribution is -2.43. The number of carbonyl (C=O) groups is 4. The SMILES string of the molecule is O=C(NNC(=O)c1ccncc1)Nc1ccc(Cc2ccc(NC(=O)NNC(=O)c3ccncc3)cc2)cc1. The molecule has 6 amide bonds. The van der Waals surface area contributed by atoms with Crippen LogP contribution >= 0.6 is 0 Å². The molecule has 2 heterocycles. The highest BCUT2D eigenvalue weighted by atomic mass is 16.2. The van der Waals surface area contributed by atoms with Crippen molar-refractivity contribution in [3.8, 4) is 0 Å². The third-order valence-corrected chi connectivity index (χ3v) is 5.30. The summed E-state index contributed by atoms with van der Waals surface area (Å²) in [5, 5.41) is 5.28. The number of urea groups is 2. The highest BCUT2D eigenvalue weighted by Gasteiger charge is 2.09. The fourth-order valence-corrected chi connectivity index (χ4v) is 3.35. The van der Waals surface area contributed by atoms with Gasteiger partial charge in [0.1, 0.15) is 0 Å². The maximum atomic E-state index is 12.1. The van der Waals surface area contributed by atoms with Crippen LogP contribution in [0.25, 0.3) is 0 Å². The zero-order chi connectivity index (χ0) is 27.5. The Balaban J connectivity index is 1.20. The van der Waals surface area contributed by atoms with Crippen molar-refractivity contribution in [3.63, 3.8) is 0 Å². The average Bonchev–Trinajstić information content (AvgIpc) is 2.97. The maximum Gasteiger partial charge on any atom is 0.337 e. The van der Waals surface area contributed by atoms with Gasteiger partial charge >= 0.3 is 12.1 Å². The minimum atomic E-state index is -0.589. The molecule has 12 nitrogen and oxygen atoms in total. The van der Waals surface area contributed by atoms with Crippen LogP contribution in [0.4, 0.5) is 21.0 Å². The number of hydrogen-bond acceptors (Lipinski definition) is 6. The van der Waals surface area contributed by atoms with E-state index in [-0.39, 0.29) is 0 Å². The topological polar surface area (TPSA) is 166 Å². The molecule has 0 saturated heterocycles. The summed E-state index contributed by atoms with van der Waals surface area (Å²) in [6, 6.07) is 19.4. The molecule has 4 aromatic rings. The molecule has 2 aromatic carbocycles. The molecule has 0 aliphatic carbocycles. The van der Waals surface area contributed by atoms with Gasteiger partial charge in [-0.1, -0.05) is 24.3 Å². The average molecular weight is 525 g/mol. The van der Waals surface area contributed by atoms with Crippen LogP contribution in [0.5, 0.6) is 0 Å². The number of nitrogens with zero attached hydrogens (tertiary/aromatic N) is 2. The van der Waals surface area contributed by atoms with E-state index >= 15 is 0 Å². The van der Waals surface area contributed by atoms with Gasteiger partial charge in [-0.3, -0.25) is 30.4 Å². The van der Waals surface area contributed by atoms with E-state index in [1.54, 1.807) is 24.3 Å². The van der Waals surface area contributed by atoms with Gasteiger partial charge in [0.2, 0.25) is 0 Å². The molecule has 39 heavy (non-hydrogen) atoms. The van der Waals surface area contributed by atoms with E-state index in [2.05, 4.69) is 42.3 Å². The van der Waals surface area contributed by atoms with Crippen LogP contribution < -0.4 is 32.3 Å². The van der Waals surface area contributed by atoms with Gasteiger partial charge in [-0.25, -0.2) is 20.4 Å². The fourth-order valence-electron chi connectivity index (χ4n) is 3.35. The predicted molar refractivity (Wildman–Crippen MR) is 143 cm³/mol. The van der Waals surface area contributed by atoms with Gasteiger partial charge in [0.15, 0.2) is 0 Å². The van der Waals surface area contributed by atoms with Crippen LogP contribution in [0.15, 0.2) is 97.6 Å². The second-order valence-corrected chi connectivity index (χ2v) is 8.11. The lowest BCUT2D eigenvalue weighted by Gasteiger charge is -2.10. The number of hydrogen-bond donors (Lipinski definition) is 6. The van der Waals surface area contributed by atoms with Gasteiger partial charge in [-0.05, 0) is 66.1 Å². The monoisotopic (exact) mass is 524 g/mol. The van der Waals surface area contributed by atoms with E-state index < -0.39 is 23.9 Å². The lowest BCUT2D eigenvalue weighted by molar-refractivity contribution is 0.0931. The van der Waals surface area contributed by atoms with Crippen molar-refractivity contribution >= 4 is 35.3 Å². The first-order valence-corrected chi connectivity index (χ1v) is 11.7. The van der Waals surface area contributed by atoms with E-state index in [0.717, 1.165) is 11.1 Å². The van der Waals surface area contributed by atoms with E-state index in [9.17, 15) is 19.2 Å². The molecule has 0 radical (unpaired) electrons. The van der Waals surface area contributed by atoms with Crippen molar-refractivity contribution in [2.75, 3.05) is 10.6 Å². The van der Waals surface area contributed by atoms with E-state index in [0.29, 0.717) is 28.9 Å². The number of benzene rings is 2. The molecule has 12 heteroatoms. The van der Waals surface area contributed by atoms with E-state index in [1.807, 2.05) is 24.3 Å². The minimum Gasteiger partial charge on any atom is -0.307 e. The number of amides is 6. The van der Waals surface area contributed by atoms with Gasteiger partial charge < -0.3 is 10.6 Å². The smallest absolute Gasteiger partial charge is 0.307 e. The Hall–Kier alpha value is -5.78. The minimum absolute atomic E-state index is 0.368. The Morgan fingerprint density at radius 3 is 1.21 bits per heavy atom. The van der Waals surface area contributed by atoms with Crippen LogP contribution in [-0.2, 0) is 6.42 Å². The number of rotatable bonds is 6. The first kappa shape index (κ1) is 26.3. The molecule has 0 spiro atoms. The highest BCUT2D eigenvalue weighted by Crippen LogP contribution is 2.16. The fraction of sp³-hybridized carbons (Fsp3) is 0.0370. The predicted octanol–water partition coefficient (Wildman–Crippen LogP) is 3.00. The summed E-state index contributed by atoms with van der Waals surface area (Å²) in [6.07, 6.45) is 6.56. The van der Waals surface area contributed by atoms with Gasteiger partial charge in [-0.2, -0.15) is 0 Å². The molecule has 0 fully saturated rings. The van der Waals surface area contributed by atoms with Crippen LogP contribution in [0.1, 0.15) is 31.8 Å². The Morgan fingerprint density at radius 2 is 0.846 bits per heavy atom. The Bertz CT molecular complexity index is 1320. The van der Waals surface area contributed by atoms with Crippen LogP contribution in [-0.4, -0.2) is 33.8 Å². The number of pyridine rings is 2. The molecule has 0 aliphatic heterocycles. The molecule has 0 aliphatic rings. The number of anilines is 2. The molecule has 0 saturated carbocycles. The van der Waals surface area contributed by atoms with Crippen LogP contribution in [0.2, 0.25) is 0 Å². The molecule has 0 atom stereocenters. The second-order valence-electron chi connectivity index (χ2n) is 8.11. The number of hydrazine groups is 2. The first-order chi connectivity index (χ1) is 19.0. The number of carbonyl (C=O) groups excluding carboxylic acids is 4. The van der Waals surface area contributed by atoms with Crippen LogP contribution in [0, 0.1) is 0 Å². The van der Waals surface area contributed by atoms with Gasteiger partial charge in [0, 0.05) is 47.3 Å². The van der Waals surface area contributed by atoms with Crippen LogP contribution in [0.3, 0.4) is 0 Å². The summed E-state index contributed by atoms with van der Waals surface area (Å²) in [5.74, 6) is -0.921. The van der Waals surface area contributed by atoms with Crippen molar-refractivity contribution in [1.82, 2.24) is 31.7 Å². The Morgan fingerprint density at radius 1 is 0.487 bits per heavy atom. The first-order valence-electron chi connectivity index (χ1n) is 11.7. The maximum absolute atomic E-state index is 12.1. The number of aromatic nitrogens is 2. The molecule has 2 aromatic heterocycles. The largest absolute Gasteiger partial charge is 0.337 e. The van der Waals surface area contributed by atoms with Crippen molar-refractivity contribution in [2.24, 2.45) is 0 Å². The molecule has 6 N–H and O–H groups in total. The van der Waals surface area contributed by atoms with Gasteiger partial charge in [-0.15, -0.1) is 0 Å². The Labute approximate surface area is 223 Å². The molecule has 0 unspecified atom stereocenters. The van der Waals surface area contributed by atoms with Crippen molar-refractivity contribution in [1.29, 1.82) is 0 Å². The van der Waals surface area contributed by atoms with Gasteiger partial charge in [0.25, 0.3) is 11.8 Å². The normalized spacial score (nSPS) is 10.1. The summed E-state index contributed by atoms with van der Waals surface area (Å²) < 4.78 is 0. The highest BCUT2D eigenvalue weighted by molar-refractivity contribution is 5.97. The van der Waals surface area contributed by atoms with E-state index in [1.165, 1.54) is 49.1 Å². The third kappa shape index (κ3) is 8.11. The Kier molecular flexibility index (Phi) is 8.74. The van der Waals surface area contributed by atoms with E-state index in [4.69, 9.17) is 0 Å². The summed E-state index contributed by atoms with van der Waals surface area (Å²) in [4.78, 5) is 55.7. The molecule has 196 valence electrons. The summed E-state index contributed by atoms with van der Waals surface area (Å²) in [5.41, 5.74) is 13.1. The number of nitrogens with one attached hydrogen (secondary N) is 6. The zero-order valence-electron chi connectivity index (χ0n) is 20.5. The summed E-state index contributed by atoms with van der Waals surface area (Å²) in [6.45, 7) is 0. The summed E-state index contributed by atoms with van der Waals surface area (Å²) in [7, 11) is 0. The second kappa shape index (κ2) is 13.0. The van der Waals surface area contributed by atoms with Gasteiger partial charge in [0.05, 0.1) is 0 Å². The zero-order valence-corrected chi connectivity index (χ0v) is 20.5. The van der Waals surface area contributed by atoms with Crippen molar-refractivity contribution in [2.45, 2.75) is 6.42 Å². The molecular weight excluding hydrogens is 500 g/mol. The quantitative estimate of drug-likeness (QED) is 0.212. The molecule has 4 rings (SSSR count). The molecule has 0 bridgehead atoms. The standard InChI is InChI=1S/C27H24N8O4/c36-24(20-9-13-28-14-10-20)32-34-26(38)30-22-5-1-18(2-6-22)17-19-3-7-23(8-4-19)31-27(39)35-33-25(37)21-11-15-29-16-12-21/h1-16H,17H2,(H,32,36)(H,33,37)(H2,30,34,38)(H2,31,35,39).